The Morgan fingerprint density at radius 1 is 0.716 bits per heavy atom. The summed E-state index contributed by atoms with van der Waals surface area (Å²) in [4.78, 5) is 29.1. The second kappa shape index (κ2) is 23.8. The monoisotopic (exact) mass is 1370 g/mol. The quantitative estimate of drug-likeness (QED) is 0.0208. The SMILES string of the molecule is CC1(C)C(/C=C/C(=C/C=C2/N(CCCS(=O)(=O)O)c3ccc4c(S(=O)(=O)O)cc(S(=O)(=O)O)cc4c3C2(C)C)c2cc(C(=O)NCCC(=O)Nc3nnc(S(N)(=O)=O)s3)ccn2)=[N+](CCCS(=O)(=O)[O-])c2ccc3c(S(=O)(=O)O)cc(S(=O)(=O)O)cc3c21. The van der Waals surface area contributed by atoms with Gasteiger partial charge in [-0.15, -0.1) is 10.2 Å². The number of pyridine rings is 1. The molecule has 6 aromatic rings. The first kappa shape index (κ1) is 67.0. The molecule has 0 bridgehead atoms. The molecule has 0 aliphatic carbocycles. The maximum absolute atomic E-state index is 13.8. The summed E-state index contributed by atoms with van der Waals surface area (Å²) >= 11 is 0.480. The van der Waals surface area contributed by atoms with Gasteiger partial charge in [0.2, 0.25) is 21.1 Å². The summed E-state index contributed by atoms with van der Waals surface area (Å²) in [6.45, 7) is 5.72. The highest BCUT2D eigenvalue weighted by molar-refractivity contribution is 7.91. The lowest BCUT2D eigenvalue weighted by Crippen LogP contribution is -2.28. The molecule has 0 unspecified atom stereocenters. The molecule has 0 radical (unpaired) electrons. The normalized spacial score (nSPS) is 16.2. The first-order valence-electron chi connectivity index (χ1n) is 25.3. The number of carbonyl (C=O) groups excluding carboxylic acids is 2. The van der Waals surface area contributed by atoms with Gasteiger partial charge in [-0.1, -0.05) is 37.3 Å². The lowest BCUT2D eigenvalue weighted by atomic mass is 9.79. The van der Waals surface area contributed by atoms with E-state index in [0.29, 0.717) is 23.5 Å². The highest BCUT2D eigenvalue weighted by atomic mass is 32.3. The highest BCUT2D eigenvalue weighted by Crippen LogP contribution is 2.52. The third kappa shape index (κ3) is 14.6. The molecule has 0 saturated carbocycles. The number of primary sulfonamides is 1. The average Bonchev–Trinajstić information content (AvgIpc) is 1.92. The van der Waals surface area contributed by atoms with Gasteiger partial charge in [0.1, 0.15) is 16.3 Å². The van der Waals surface area contributed by atoms with Crippen molar-refractivity contribution in [2.45, 2.75) is 81.7 Å². The third-order valence-electron chi connectivity index (χ3n) is 14.2. The zero-order chi connectivity index (χ0) is 65.3. The Morgan fingerprint density at radius 3 is 1.85 bits per heavy atom. The van der Waals surface area contributed by atoms with E-state index in [-0.39, 0.29) is 116 Å². The van der Waals surface area contributed by atoms with E-state index >= 15 is 0 Å². The van der Waals surface area contributed by atoms with Gasteiger partial charge in [0, 0.05) is 94.3 Å². The van der Waals surface area contributed by atoms with Gasteiger partial charge in [0.15, 0.2) is 5.71 Å². The molecule has 4 heterocycles. The van der Waals surface area contributed by atoms with E-state index < -0.39 is 129 Å². The van der Waals surface area contributed by atoms with Gasteiger partial charge < -0.3 is 20.1 Å². The van der Waals surface area contributed by atoms with Crippen LogP contribution in [0.25, 0.3) is 27.1 Å². The second-order valence-electron chi connectivity index (χ2n) is 21.0. The zero-order valence-electron chi connectivity index (χ0n) is 46.1. The van der Waals surface area contributed by atoms with Gasteiger partial charge in [0.05, 0.1) is 36.8 Å². The molecule has 2 aliphatic rings. The molecule has 0 atom stereocenters. The van der Waals surface area contributed by atoms with Crippen LogP contribution in [0.5, 0.6) is 0 Å². The second-order valence-corrected chi connectivity index (χ2v) is 32.4. The molecule has 2 amide bonds. The fourth-order valence-electron chi connectivity index (χ4n) is 10.5. The van der Waals surface area contributed by atoms with Crippen LogP contribution in [0.4, 0.5) is 16.5 Å². The molecule has 0 saturated heterocycles. The van der Waals surface area contributed by atoms with Gasteiger partial charge in [-0.3, -0.25) is 37.3 Å². The van der Waals surface area contributed by atoms with Crippen molar-refractivity contribution in [1.82, 2.24) is 20.5 Å². The smallest absolute Gasteiger partial charge is 0.295 e. The molecule has 0 spiro atoms. The predicted molar refractivity (Wildman–Crippen MR) is 317 cm³/mol. The van der Waals surface area contributed by atoms with E-state index in [9.17, 15) is 95.8 Å². The fraction of sp³-hybridized carbons (Fsp3) is 0.280. The number of carbonyl (C=O) groups is 2. The fourth-order valence-corrected chi connectivity index (χ4v) is 15.5. The lowest BCUT2D eigenvalue weighted by molar-refractivity contribution is -0.437. The molecule has 472 valence electrons. The Kier molecular flexibility index (Phi) is 18.1. The van der Waals surface area contributed by atoms with Crippen LogP contribution in [0.3, 0.4) is 0 Å². The minimum absolute atomic E-state index is 0.00616. The van der Waals surface area contributed by atoms with Gasteiger partial charge in [0.25, 0.3) is 66.5 Å². The number of sulfonamides is 1. The van der Waals surface area contributed by atoms with E-state index in [0.717, 1.165) is 12.1 Å². The average molecular weight is 1370 g/mol. The molecule has 8 rings (SSSR count). The molecule has 2 aliphatic heterocycles. The minimum Gasteiger partial charge on any atom is -0.748 e. The van der Waals surface area contributed by atoms with Crippen LogP contribution in [0.2, 0.25) is 0 Å². The Morgan fingerprint density at radius 2 is 1.31 bits per heavy atom. The topological polar surface area (TPSA) is 492 Å². The Hall–Kier alpha value is -6.89. The van der Waals surface area contributed by atoms with E-state index in [1.54, 1.807) is 37.2 Å². The summed E-state index contributed by atoms with van der Waals surface area (Å²) in [6.07, 6.45) is 6.21. The number of allylic oxidation sites excluding steroid dienone is 6. The molecular formula is C50H52N8O22S8. The number of benzene rings is 4. The van der Waals surface area contributed by atoms with Crippen LogP contribution < -0.4 is 20.7 Å². The number of aromatic nitrogens is 3. The van der Waals surface area contributed by atoms with Crippen LogP contribution in [0.1, 0.15) is 74.1 Å². The largest absolute Gasteiger partial charge is 0.748 e. The van der Waals surface area contributed by atoms with Crippen LogP contribution in [0, 0.1) is 0 Å². The molecular weight excluding hydrogens is 1320 g/mol. The third-order valence-corrected chi connectivity index (χ3v) is 21.4. The highest BCUT2D eigenvalue weighted by Gasteiger charge is 2.47. The van der Waals surface area contributed by atoms with Gasteiger partial charge in [-0.05, 0) is 97.3 Å². The number of hydrogen-bond donors (Lipinski definition) is 8. The number of fused-ring (bicyclic) bond motifs is 6. The molecule has 30 nitrogen and oxygen atoms in total. The molecule has 38 heteroatoms. The van der Waals surface area contributed by atoms with Crippen molar-refractivity contribution in [2.75, 3.05) is 41.4 Å². The number of hydrogen-bond acceptors (Lipinski definition) is 22. The van der Waals surface area contributed by atoms with Crippen LogP contribution in [0.15, 0.2) is 121 Å². The number of rotatable bonds is 22. The number of anilines is 2. The maximum atomic E-state index is 13.8. The van der Waals surface area contributed by atoms with Crippen molar-refractivity contribution in [3.63, 3.8) is 0 Å². The Balaban J connectivity index is 1.32. The number of nitrogens with zero attached hydrogens (tertiary/aromatic N) is 5. The molecule has 2 aromatic heterocycles. The van der Waals surface area contributed by atoms with Crippen LogP contribution in [-0.2, 0) is 86.4 Å². The van der Waals surface area contributed by atoms with Gasteiger partial charge in [-0.25, -0.2) is 22.0 Å². The lowest BCUT2D eigenvalue weighted by Gasteiger charge is -2.27. The molecule has 0 fully saturated rings. The van der Waals surface area contributed by atoms with E-state index in [1.165, 1.54) is 66.9 Å². The van der Waals surface area contributed by atoms with Crippen molar-refractivity contribution >= 4 is 143 Å². The van der Waals surface area contributed by atoms with Crippen molar-refractivity contribution < 1.29 is 100 Å². The standard InChI is InChI=1S/C50H52N8O22S8/c1-49(2)41(57(19-5-21-82(61,62)63)37-11-9-32-34(44(37)49)24-30(85(69,70)71)26-39(32)87(75,76)77)13-7-28(36-23-29(15-17-52-36)46(60)53-18-16-43(59)54-47-55-56-48(81-47)84(51,67)68)8-14-42-50(3,4)45-35-25-31(86(72,73)74)27-40(88(78,79)80)33(35)10-12-38(45)58(42)20-6-22-83(64,65)66/h7-15,17,23-27H,5-6,16,18-22H2,1-4H3,(H9-,51,53,54,55,59,60,61,62,63,64,65,66,67,68,69,70,71,72,73,74,75,76,77,78,79,80). The number of nitrogens with two attached hydrogens (primary N) is 1. The summed E-state index contributed by atoms with van der Waals surface area (Å²) in [5.41, 5.74) is -1.39. The Labute approximate surface area is 508 Å². The van der Waals surface area contributed by atoms with Gasteiger partial charge >= 0.3 is 0 Å². The molecule has 4 aromatic carbocycles. The van der Waals surface area contributed by atoms with Crippen molar-refractivity contribution in [2.24, 2.45) is 5.14 Å². The molecule has 88 heavy (non-hydrogen) atoms. The van der Waals surface area contributed by atoms with E-state index in [2.05, 4.69) is 25.8 Å². The first-order chi connectivity index (χ1) is 40.4. The van der Waals surface area contributed by atoms with E-state index in [4.69, 9.17) is 5.14 Å². The summed E-state index contributed by atoms with van der Waals surface area (Å²) in [5, 5.41) is 16.2. The summed E-state index contributed by atoms with van der Waals surface area (Å²) in [5.74, 6) is -3.12. The maximum Gasteiger partial charge on any atom is 0.295 e. The first-order valence-corrected chi connectivity index (χ1v) is 36.6. The Bertz CT molecular complexity index is 4950. The zero-order valence-corrected chi connectivity index (χ0v) is 52.6. The predicted octanol–water partition coefficient (Wildman–Crippen LogP) is 3.54. The van der Waals surface area contributed by atoms with E-state index in [1.807, 2.05) is 0 Å². The van der Waals surface area contributed by atoms with Gasteiger partial charge in [-0.2, -0.15) is 46.7 Å². The minimum atomic E-state index is -5.20. The summed E-state index contributed by atoms with van der Waals surface area (Å²) in [7, 11) is -34.4. The van der Waals surface area contributed by atoms with Crippen molar-refractivity contribution in [1.29, 1.82) is 0 Å². The number of amides is 2. The van der Waals surface area contributed by atoms with Crippen molar-refractivity contribution in [3.8, 4) is 0 Å². The van der Waals surface area contributed by atoms with Crippen molar-refractivity contribution in [3.05, 3.63) is 119 Å². The molecule has 9 N–H and O–H groups in total. The number of nitrogens with one attached hydrogen (secondary N) is 2. The summed E-state index contributed by atoms with van der Waals surface area (Å²) in [6, 6.07) is 11.0. The summed E-state index contributed by atoms with van der Waals surface area (Å²) < 4.78 is 237. The van der Waals surface area contributed by atoms with Crippen LogP contribution >= 0.6 is 11.3 Å². The van der Waals surface area contributed by atoms with Crippen LogP contribution in [-0.4, -0.2) is 155 Å².